The van der Waals surface area contributed by atoms with Crippen LogP contribution in [-0.4, -0.2) is 53.4 Å². The number of aromatic nitrogens is 3. The van der Waals surface area contributed by atoms with Crippen molar-refractivity contribution < 1.29 is 0 Å². The molecule has 0 atom stereocenters. The monoisotopic (exact) mass is 283 g/mol. The third-order valence-electron chi connectivity index (χ3n) is 3.64. The molecule has 108 valence electrons. The summed E-state index contributed by atoms with van der Waals surface area (Å²) in [6, 6.07) is 0. The van der Waals surface area contributed by atoms with Gasteiger partial charge in [0.25, 0.3) is 0 Å². The van der Waals surface area contributed by atoms with Crippen molar-refractivity contribution in [2.24, 2.45) is 5.92 Å². The van der Waals surface area contributed by atoms with E-state index in [2.05, 4.69) is 38.6 Å². The maximum Gasteiger partial charge on any atom is 0.244 e. The number of hydrogen-bond acceptors (Lipinski definition) is 5. The first kappa shape index (κ1) is 14.7. The van der Waals surface area contributed by atoms with Gasteiger partial charge in [-0.15, -0.1) is 5.10 Å². The lowest BCUT2D eigenvalue weighted by atomic mass is 9.97. The van der Waals surface area contributed by atoms with Crippen molar-refractivity contribution >= 4 is 17.7 Å². The SMILES string of the molecule is CCNCC1CCN(c2n[nH]c(CCSC)n2)CC1. The molecule has 1 aromatic heterocycles. The van der Waals surface area contributed by atoms with Crippen LogP contribution in [-0.2, 0) is 6.42 Å². The van der Waals surface area contributed by atoms with Gasteiger partial charge in [0.2, 0.25) is 5.95 Å². The minimum Gasteiger partial charge on any atom is -0.340 e. The molecule has 0 aliphatic carbocycles. The highest BCUT2D eigenvalue weighted by Crippen LogP contribution is 2.20. The summed E-state index contributed by atoms with van der Waals surface area (Å²) in [5.41, 5.74) is 0. The minimum absolute atomic E-state index is 0.811. The lowest BCUT2D eigenvalue weighted by molar-refractivity contribution is 0.384. The van der Waals surface area contributed by atoms with Gasteiger partial charge < -0.3 is 10.2 Å². The number of rotatable bonds is 7. The Balaban J connectivity index is 1.78. The minimum atomic E-state index is 0.811. The van der Waals surface area contributed by atoms with Crippen LogP contribution in [0.2, 0.25) is 0 Å². The van der Waals surface area contributed by atoms with Gasteiger partial charge in [0.15, 0.2) is 0 Å². The van der Waals surface area contributed by atoms with Gasteiger partial charge in [0.1, 0.15) is 5.82 Å². The van der Waals surface area contributed by atoms with Gasteiger partial charge in [-0.1, -0.05) is 6.92 Å². The molecule has 0 saturated carbocycles. The highest BCUT2D eigenvalue weighted by Gasteiger charge is 2.21. The molecule has 1 saturated heterocycles. The maximum atomic E-state index is 4.59. The largest absolute Gasteiger partial charge is 0.340 e. The van der Waals surface area contributed by atoms with Crippen LogP contribution < -0.4 is 10.2 Å². The Hall–Kier alpha value is -0.750. The third-order valence-corrected chi connectivity index (χ3v) is 4.26. The summed E-state index contributed by atoms with van der Waals surface area (Å²) in [5.74, 6) is 3.81. The van der Waals surface area contributed by atoms with Crippen LogP contribution in [0.15, 0.2) is 0 Å². The summed E-state index contributed by atoms with van der Waals surface area (Å²) in [4.78, 5) is 6.90. The molecule has 0 bridgehead atoms. The fourth-order valence-corrected chi connectivity index (χ4v) is 2.82. The second kappa shape index (κ2) is 7.75. The van der Waals surface area contributed by atoms with E-state index in [0.29, 0.717) is 0 Å². The van der Waals surface area contributed by atoms with Crippen molar-refractivity contribution in [1.82, 2.24) is 20.5 Å². The summed E-state index contributed by atoms with van der Waals surface area (Å²) in [5, 5.41) is 10.8. The predicted octanol–water partition coefficient (Wildman–Crippen LogP) is 1.54. The van der Waals surface area contributed by atoms with Gasteiger partial charge >= 0.3 is 0 Å². The predicted molar refractivity (Wildman–Crippen MR) is 81.9 cm³/mol. The molecular formula is C13H25N5S. The quantitative estimate of drug-likeness (QED) is 0.795. The van der Waals surface area contributed by atoms with Crippen molar-refractivity contribution in [3.8, 4) is 0 Å². The molecule has 1 aliphatic heterocycles. The maximum absolute atomic E-state index is 4.59. The Kier molecular flexibility index (Phi) is 5.97. The standard InChI is InChI=1S/C13H25N5S/c1-3-14-10-11-4-7-18(8-5-11)13-15-12(16-17-13)6-9-19-2/h11,14H,3-10H2,1-2H3,(H,15,16,17). The van der Waals surface area contributed by atoms with Crippen molar-refractivity contribution in [3.63, 3.8) is 0 Å². The molecule has 0 radical (unpaired) electrons. The van der Waals surface area contributed by atoms with E-state index in [1.807, 2.05) is 11.8 Å². The van der Waals surface area contributed by atoms with Crippen molar-refractivity contribution in [2.45, 2.75) is 26.2 Å². The van der Waals surface area contributed by atoms with Crippen LogP contribution in [0.4, 0.5) is 5.95 Å². The van der Waals surface area contributed by atoms with Crippen LogP contribution in [0.25, 0.3) is 0 Å². The number of aromatic amines is 1. The first-order valence-electron chi connectivity index (χ1n) is 7.19. The highest BCUT2D eigenvalue weighted by molar-refractivity contribution is 7.98. The van der Waals surface area contributed by atoms with Crippen LogP contribution in [0.1, 0.15) is 25.6 Å². The molecule has 5 nitrogen and oxygen atoms in total. The van der Waals surface area contributed by atoms with E-state index in [4.69, 9.17) is 0 Å². The lowest BCUT2D eigenvalue weighted by Crippen LogP contribution is -2.37. The molecule has 6 heteroatoms. The van der Waals surface area contributed by atoms with E-state index >= 15 is 0 Å². The molecule has 0 aromatic carbocycles. The molecule has 1 aliphatic rings. The van der Waals surface area contributed by atoms with E-state index in [-0.39, 0.29) is 0 Å². The zero-order chi connectivity index (χ0) is 13.5. The van der Waals surface area contributed by atoms with Crippen molar-refractivity contribution in [2.75, 3.05) is 43.1 Å². The second-order valence-electron chi connectivity index (χ2n) is 5.06. The first-order chi connectivity index (χ1) is 9.33. The van der Waals surface area contributed by atoms with Gasteiger partial charge in [0.05, 0.1) is 0 Å². The van der Waals surface area contributed by atoms with Gasteiger partial charge in [0, 0.05) is 25.3 Å². The molecule has 0 amide bonds. The van der Waals surface area contributed by atoms with Crippen LogP contribution in [0, 0.1) is 5.92 Å². The molecule has 0 unspecified atom stereocenters. The van der Waals surface area contributed by atoms with Crippen molar-refractivity contribution in [1.29, 1.82) is 0 Å². The fourth-order valence-electron chi connectivity index (χ4n) is 2.42. The summed E-state index contributed by atoms with van der Waals surface area (Å²) >= 11 is 1.84. The normalized spacial score (nSPS) is 17.1. The van der Waals surface area contributed by atoms with Gasteiger partial charge in [-0.25, -0.2) is 0 Å². The van der Waals surface area contributed by atoms with E-state index in [1.165, 1.54) is 12.8 Å². The Morgan fingerprint density at radius 2 is 2.21 bits per heavy atom. The molecule has 2 rings (SSSR count). The summed E-state index contributed by atoms with van der Waals surface area (Å²) < 4.78 is 0. The fraction of sp³-hybridized carbons (Fsp3) is 0.846. The van der Waals surface area contributed by atoms with E-state index in [1.54, 1.807) is 0 Å². The summed E-state index contributed by atoms with van der Waals surface area (Å²) in [6.07, 6.45) is 5.57. The Bertz CT molecular complexity index is 360. The average molecular weight is 283 g/mol. The number of nitrogens with zero attached hydrogens (tertiary/aromatic N) is 3. The molecule has 0 spiro atoms. The number of hydrogen-bond donors (Lipinski definition) is 2. The molecule has 1 aromatic rings. The molecular weight excluding hydrogens is 258 g/mol. The van der Waals surface area contributed by atoms with E-state index in [0.717, 1.165) is 56.0 Å². The molecule has 1 fully saturated rings. The molecule has 2 heterocycles. The smallest absolute Gasteiger partial charge is 0.244 e. The average Bonchev–Trinajstić information content (AvgIpc) is 2.92. The second-order valence-corrected chi connectivity index (χ2v) is 6.05. The highest BCUT2D eigenvalue weighted by atomic mass is 32.2. The Labute approximate surface area is 119 Å². The third kappa shape index (κ3) is 4.38. The van der Waals surface area contributed by atoms with E-state index in [9.17, 15) is 0 Å². The number of nitrogens with one attached hydrogen (secondary N) is 2. The van der Waals surface area contributed by atoms with Crippen LogP contribution >= 0.6 is 11.8 Å². The number of anilines is 1. The molecule has 19 heavy (non-hydrogen) atoms. The van der Waals surface area contributed by atoms with E-state index < -0.39 is 0 Å². The van der Waals surface area contributed by atoms with Crippen molar-refractivity contribution in [3.05, 3.63) is 5.82 Å². The number of thioether (sulfide) groups is 1. The lowest BCUT2D eigenvalue weighted by Gasteiger charge is -2.31. The summed E-state index contributed by atoms with van der Waals surface area (Å²) in [6.45, 7) is 6.54. The Morgan fingerprint density at radius 1 is 1.42 bits per heavy atom. The summed E-state index contributed by atoms with van der Waals surface area (Å²) in [7, 11) is 0. The number of piperidine rings is 1. The van der Waals surface area contributed by atoms with Gasteiger partial charge in [-0.05, 0) is 38.1 Å². The zero-order valence-corrected chi connectivity index (χ0v) is 12.8. The van der Waals surface area contributed by atoms with Gasteiger partial charge in [-0.3, -0.25) is 5.10 Å². The Morgan fingerprint density at radius 3 is 2.89 bits per heavy atom. The zero-order valence-electron chi connectivity index (χ0n) is 12.0. The van der Waals surface area contributed by atoms with Crippen LogP contribution in [0.3, 0.4) is 0 Å². The van der Waals surface area contributed by atoms with Gasteiger partial charge in [-0.2, -0.15) is 16.7 Å². The molecule has 2 N–H and O–H groups in total. The number of H-pyrrole nitrogens is 1. The topological polar surface area (TPSA) is 56.8 Å². The first-order valence-corrected chi connectivity index (χ1v) is 8.58. The van der Waals surface area contributed by atoms with Crippen LogP contribution in [0.5, 0.6) is 0 Å². The number of aryl methyl sites for hydroxylation is 1.